The Morgan fingerprint density at radius 1 is 1.20 bits per heavy atom. The third-order valence-corrected chi connectivity index (χ3v) is 5.71. The Balaban J connectivity index is 1.43. The lowest BCUT2D eigenvalue weighted by molar-refractivity contribution is 0.198. The summed E-state index contributed by atoms with van der Waals surface area (Å²) < 4.78 is 0. The van der Waals surface area contributed by atoms with Gasteiger partial charge < -0.3 is 4.90 Å². The summed E-state index contributed by atoms with van der Waals surface area (Å²) in [6, 6.07) is 10.7. The molecule has 2 fully saturated rings. The molecule has 4 nitrogen and oxygen atoms in total. The molecular weight excluding hydrogens is 332 g/mol. The molecule has 1 aliphatic carbocycles. The number of anilines is 1. The number of likely N-dealkylation sites (N-methyl/N-ethyl adjacent to an activating group) is 1. The van der Waals surface area contributed by atoms with Crippen molar-refractivity contribution >= 4 is 17.4 Å². The second kappa shape index (κ2) is 7.30. The largest absolute Gasteiger partial charge is 0.355 e. The van der Waals surface area contributed by atoms with Gasteiger partial charge in [0.05, 0.1) is 0 Å². The minimum absolute atomic E-state index is 0.484. The van der Waals surface area contributed by atoms with Gasteiger partial charge in [-0.3, -0.25) is 4.90 Å². The molecule has 1 saturated heterocycles. The molecule has 5 heteroatoms. The van der Waals surface area contributed by atoms with Crippen LogP contribution in [0.3, 0.4) is 0 Å². The third-order valence-electron chi connectivity index (χ3n) is 5.34. The van der Waals surface area contributed by atoms with Crippen LogP contribution in [0.25, 0.3) is 0 Å². The first-order valence-corrected chi connectivity index (χ1v) is 9.60. The van der Waals surface area contributed by atoms with Crippen LogP contribution in [-0.4, -0.2) is 41.0 Å². The molecule has 0 bridgehead atoms. The minimum Gasteiger partial charge on any atom is -0.355 e. The van der Waals surface area contributed by atoms with Gasteiger partial charge >= 0.3 is 0 Å². The van der Waals surface area contributed by atoms with Crippen LogP contribution >= 0.6 is 11.6 Å². The van der Waals surface area contributed by atoms with Crippen LogP contribution in [0.4, 0.5) is 5.82 Å². The van der Waals surface area contributed by atoms with Crippen molar-refractivity contribution < 1.29 is 0 Å². The van der Waals surface area contributed by atoms with Gasteiger partial charge in [0.1, 0.15) is 11.6 Å². The molecule has 1 aromatic carbocycles. The average molecular weight is 357 g/mol. The fraction of sp³-hybridized carbons (Fsp3) is 0.500. The van der Waals surface area contributed by atoms with Crippen molar-refractivity contribution in [1.29, 1.82) is 0 Å². The average Bonchev–Trinajstić information content (AvgIpc) is 3.49. The summed E-state index contributed by atoms with van der Waals surface area (Å²) in [5.74, 6) is 2.67. The lowest BCUT2D eigenvalue weighted by Crippen LogP contribution is -2.46. The van der Waals surface area contributed by atoms with Gasteiger partial charge in [-0.2, -0.15) is 0 Å². The maximum atomic E-state index is 6.34. The van der Waals surface area contributed by atoms with Gasteiger partial charge in [-0.1, -0.05) is 29.8 Å². The number of benzene rings is 1. The number of piperidine rings is 1. The Labute approximate surface area is 154 Å². The third kappa shape index (κ3) is 3.96. The Morgan fingerprint density at radius 3 is 2.84 bits per heavy atom. The first kappa shape index (κ1) is 16.8. The van der Waals surface area contributed by atoms with E-state index >= 15 is 0 Å². The van der Waals surface area contributed by atoms with E-state index in [0.29, 0.717) is 12.0 Å². The summed E-state index contributed by atoms with van der Waals surface area (Å²) in [6.07, 6.45) is 6.81. The highest BCUT2D eigenvalue weighted by Crippen LogP contribution is 2.38. The van der Waals surface area contributed by atoms with Gasteiger partial charge in [0.15, 0.2) is 0 Å². The fourth-order valence-corrected chi connectivity index (χ4v) is 3.84. The van der Waals surface area contributed by atoms with E-state index in [1.54, 1.807) is 0 Å². The van der Waals surface area contributed by atoms with Gasteiger partial charge in [0, 0.05) is 43.3 Å². The molecular formula is C20H25ClN4. The van der Waals surface area contributed by atoms with E-state index in [0.717, 1.165) is 36.3 Å². The normalized spacial score (nSPS) is 21.3. The minimum atomic E-state index is 0.484. The van der Waals surface area contributed by atoms with Crippen molar-refractivity contribution in [3.8, 4) is 0 Å². The summed E-state index contributed by atoms with van der Waals surface area (Å²) in [5, 5.41) is 0.864. The second-order valence-electron chi connectivity index (χ2n) is 7.28. The predicted octanol–water partition coefficient (Wildman–Crippen LogP) is 4.11. The zero-order valence-corrected chi connectivity index (χ0v) is 15.5. The molecule has 0 N–H and O–H groups in total. The van der Waals surface area contributed by atoms with Crippen molar-refractivity contribution in [1.82, 2.24) is 14.9 Å². The number of nitrogens with zero attached hydrogens (tertiary/aromatic N) is 4. The number of hydrogen-bond donors (Lipinski definition) is 0. The number of halogens is 1. The number of hydrogen-bond acceptors (Lipinski definition) is 4. The van der Waals surface area contributed by atoms with Crippen LogP contribution in [0.5, 0.6) is 0 Å². The number of aromatic nitrogens is 2. The van der Waals surface area contributed by atoms with Crippen molar-refractivity contribution in [3.63, 3.8) is 0 Å². The van der Waals surface area contributed by atoms with Crippen LogP contribution in [-0.2, 0) is 6.54 Å². The topological polar surface area (TPSA) is 32.3 Å². The summed E-state index contributed by atoms with van der Waals surface area (Å²) in [4.78, 5) is 14.1. The van der Waals surface area contributed by atoms with Crippen molar-refractivity contribution in [2.75, 3.05) is 25.0 Å². The van der Waals surface area contributed by atoms with Crippen LogP contribution in [0, 0.1) is 0 Å². The van der Waals surface area contributed by atoms with E-state index in [1.807, 2.05) is 24.4 Å². The molecule has 0 spiro atoms. The molecule has 2 heterocycles. The van der Waals surface area contributed by atoms with E-state index in [2.05, 4.69) is 34.0 Å². The fourth-order valence-electron chi connectivity index (χ4n) is 3.64. The quantitative estimate of drug-likeness (QED) is 0.807. The standard InChI is InChI=1S/C20H25ClN4/c1-24(19-10-11-22-20(23-19)15-8-9-15)17-6-4-12-25(14-17)13-16-5-2-3-7-18(16)21/h2-3,5,7,10-11,15,17H,4,6,8-9,12-14H2,1H3. The monoisotopic (exact) mass is 356 g/mol. The highest BCUT2D eigenvalue weighted by molar-refractivity contribution is 6.31. The molecule has 0 amide bonds. The Hall–Kier alpha value is -1.65. The lowest BCUT2D eigenvalue weighted by atomic mass is 10.0. The molecule has 2 aromatic rings. The first-order valence-electron chi connectivity index (χ1n) is 9.22. The van der Waals surface area contributed by atoms with Crippen molar-refractivity contribution in [3.05, 3.63) is 52.9 Å². The Bertz CT molecular complexity index is 731. The van der Waals surface area contributed by atoms with E-state index in [-0.39, 0.29) is 0 Å². The zero-order valence-electron chi connectivity index (χ0n) is 14.7. The van der Waals surface area contributed by atoms with Gasteiger partial charge in [0.2, 0.25) is 0 Å². The Kier molecular flexibility index (Phi) is 4.91. The molecule has 1 atom stereocenters. The van der Waals surface area contributed by atoms with Gasteiger partial charge in [0.25, 0.3) is 0 Å². The molecule has 1 aromatic heterocycles. The lowest BCUT2D eigenvalue weighted by Gasteiger charge is -2.38. The molecule has 1 saturated carbocycles. The second-order valence-corrected chi connectivity index (χ2v) is 7.69. The van der Waals surface area contributed by atoms with Gasteiger partial charge in [-0.25, -0.2) is 9.97 Å². The zero-order chi connectivity index (χ0) is 17.2. The number of rotatable bonds is 5. The molecule has 1 aliphatic heterocycles. The van der Waals surface area contributed by atoms with Crippen LogP contribution in [0.15, 0.2) is 36.5 Å². The molecule has 25 heavy (non-hydrogen) atoms. The molecule has 0 radical (unpaired) electrons. The van der Waals surface area contributed by atoms with Crippen molar-refractivity contribution in [2.45, 2.75) is 44.2 Å². The molecule has 132 valence electrons. The SMILES string of the molecule is CN(c1ccnc(C2CC2)n1)C1CCCN(Cc2ccccc2Cl)C1. The van der Waals surface area contributed by atoms with E-state index in [9.17, 15) is 0 Å². The van der Waals surface area contributed by atoms with Crippen LogP contribution in [0.2, 0.25) is 5.02 Å². The highest BCUT2D eigenvalue weighted by atomic mass is 35.5. The number of likely N-dealkylation sites (tertiary alicyclic amines) is 1. The van der Waals surface area contributed by atoms with E-state index < -0.39 is 0 Å². The molecule has 4 rings (SSSR count). The molecule has 1 unspecified atom stereocenters. The predicted molar refractivity (Wildman–Crippen MR) is 102 cm³/mol. The van der Waals surface area contributed by atoms with Gasteiger partial charge in [-0.15, -0.1) is 0 Å². The van der Waals surface area contributed by atoms with E-state index in [4.69, 9.17) is 16.6 Å². The van der Waals surface area contributed by atoms with Crippen molar-refractivity contribution in [2.24, 2.45) is 0 Å². The van der Waals surface area contributed by atoms with Crippen LogP contribution < -0.4 is 4.90 Å². The summed E-state index contributed by atoms with van der Waals surface area (Å²) in [7, 11) is 2.17. The summed E-state index contributed by atoms with van der Waals surface area (Å²) in [6.45, 7) is 3.10. The highest BCUT2D eigenvalue weighted by Gasteiger charge is 2.28. The summed E-state index contributed by atoms with van der Waals surface area (Å²) >= 11 is 6.34. The maximum absolute atomic E-state index is 6.34. The Morgan fingerprint density at radius 2 is 2.04 bits per heavy atom. The van der Waals surface area contributed by atoms with E-state index in [1.165, 1.54) is 31.2 Å². The van der Waals surface area contributed by atoms with Gasteiger partial charge in [-0.05, 0) is 49.9 Å². The maximum Gasteiger partial charge on any atom is 0.133 e. The molecule has 2 aliphatic rings. The first-order chi connectivity index (χ1) is 12.2. The van der Waals surface area contributed by atoms with Crippen LogP contribution in [0.1, 0.15) is 43.0 Å². The summed E-state index contributed by atoms with van der Waals surface area (Å²) in [5.41, 5.74) is 1.21. The smallest absolute Gasteiger partial charge is 0.133 e.